The maximum atomic E-state index is 12.8. The molecule has 1 heterocycles. The van der Waals surface area contributed by atoms with Gasteiger partial charge in [0.1, 0.15) is 11.5 Å². The average molecular weight is 466 g/mol. The van der Waals surface area contributed by atoms with Crippen molar-refractivity contribution in [2.24, 2.45) is 0 Å². The molecular weight excluding hydrogens is 434 g/mol. The van der Waals surface area contributed by atoms with Crippen LogP contribution in [0.2, 0.25) is 0 Å². The number of aromatic amines is 1. The van der Waals surface area contributed by atoms with E-state index >= 15 is 0 Å². The van der Waals surface area contributed by atoms with E-state index in [1.807, 2.05) is 48.5 Å². The van der Waals surface area contributed by atoms with E-state index in [1.165, 1.54) is 17.2 Å². The van der Waals surface area contributed by atoms with Crippen molar-refractivity contribution in [3.8, 4) is 0 Å². The molecule has 34 heavy (non-hydrogen) atoms. The molecule has 180 valence electrons. The van der Waals surface area contributed by atoms with Gasteiger partial charge in [-0.25, -0.2) is 4.79 Å². The zero-order chi connectivity index (χ0) is 24.3. The summed E-state index contributed by atoms with van der Waals surface area (Å²) < 4.78 is 6.29. The minimum atomic E-state index is -0.635. The lowest BCUT2D eigenvalue weighted by Crippen LogP contribution is -2.43. The first-order valence-electron chi connectivity index (χ1n) is 11.2. The lowest BCUT2D eigenvalue weighted by atomic mass is 10.1. The normalized spacial score (nSPS) is 10.7. The van der Waals surface area contributed by atoms with Crippen molar-refractivity contribution in [2.45, 2.75) is 25.9 Å². The molecule has 9 heteroatoms. The van der Waals surface area contributed by atoms with Crippen LogP contribution in [0, 0.1) is 0 Å². The van der Waals surface area contributed by atoms with Gasteiger partial charge in [-0.2, -0.15) is 0 Å². The second kappa shape index (κ2) is 12.4. The Morgan fingerprint density at radius 3 is 2.35 bits per heavy atom. The van der Waals surface area contributed by atoms with Gasteiger partial charge in [0.05, 0.1) is 19.7 Å². The van der Waals surface area contributed by atoms with Crippen molar-refractivity contribution in [3.05, 3.63) is 92.6 Å². The first kappa shape index (κ1) is 24.8. The zero-order valence-electron chi connectivity index (χ0n) is 19.3. The van der Waals surface area contributed by atoms with Crippen molar-refractivity contribution in [2.75, 3.05) is 37.4 Å². The predicted molar refractivity (Wildman–Crippen MR) is 133 cm³/mol. The summed E-state index contributed by atoms with van der Waals surface area (Å²) in [5, 5.41) is 2.92. The molecule has 3 rings (SSSR count). The van der Waals surface area contributed by atoms with Gasteiger partial charge in [0.2, 0.25) is 5.91 Å². The van der Waals surface area contributed by atoms with Crippen molar-refractivity contribution in [1.82, 2.24) is 14.9 Å². The monoisotopic (exact) mass is 465 g/mol. The smallest absolute Gasteiger partial charge is 0.330 e. The number of nitrogens with zero attached hydrogens (tertiary/aromatic N) is 2. The van der Waals surface area contributed by atoms with Crippen molar-refractivity contribution >= 4 is 17.4 Å². The first-order valence-corrected chi connectivity index (χ1v) is 11.2. The molecule has 0 saturated carbocycles. The molecule has 0 atom stereocenters. The highest BCUT2D eigenvalue weighted by Gasteiger charge is 2.21. The van der Waals surface area contributed by atoms with Crippen LogP contribution in [0.3, 0.4) is 0 Å². The van der Waals surface area contributed by atoms with Crippen molar-refractivity contribution < 1.29 is 9.53 Å². The molecule has 0 aliphatic heterocycles. The Hall–Kier alpha value is -3.85. The van der Waals surface area contributed by atoms with Crippen molar-refractivity contribution in [1.29, 1.82) is 0 Å². The molecular formula is C25H31N5O4. The standard InChI is InChI=1S/C25H31N5O4/c1-34-16-15-30-23(26)22(24(32)28-25(30)33)29(17-20-11-6-3-7-12-20)18-21(31)27-14-8-13-19-9-4-2-5-10-19/h2-7,9-12H,8,13-18,26H2,1H3,(H,27,31)(H,28,32,33). The Morgan fingerprint density at radius 1 is 1.06 bits per heavy atom. The lowest BCUT2D eigenvalue weighted by molar-refractivity contribution is -0.119. The Labute approximate surface area is 198 Å². The molecule has 0 unspecified atom stereocenters. The molecule has 3 aromatic rings. The van der Waals surface area contributed by atoms with Crippen molar-refractivity contribution in [3.63, 3.8) is 0 Å². The summed E-state index contributed by atoms with van der Waals surface area (Å²) in [4.78, 5) is 41.7. The van der Waals surface area contributed by atoms with Gasteiger partial charge in [0, 0.05) is 20.2 Å². The second-order valence-corrected chi connectivity index (χ2v) is 7.92. The van der Waals surface area contributed by atoms with Gasteiger partial charge < -0.3 is 20.7 Å². The molecule has 0 bridgehead atoms. The average Bonchev–Trinajstić information content (AvgIpc) is 2.83. The minimum Gasteiger partial charge on any atom is -0.383 e. The number of ether oxygens (including phenoxy) is 1. The van der Waals surface area contributed by atoms with Crippen LogP contribution in [0.5, 0.6) is 0 Å². The summed E-state index contributed by atoms with van der Waals surface area (Å²) in [6, 6.07) is 19.5. The fourth-order valence-electron chi connectivity index (χ4n) is 3.70. The molecule has 0 aliphatic rings. The Morgan fingerprint density at radius 2 is 1.71 bits per heavy atom. The van der Waals surface area contributed by atoms with Crippen LogP contribution in [0.25, 0.3) is 0 Å². The van der Waals surface area contributed by atoms with Crippen LogP contribution < -0.4 is 27.2 Å². The number of carbonyl (C=O) groups excluding carboxylic acids is 1. The molecule has 1 aromatic heterocycles. The molecule has 0 radical (unpaired) electrons. The number of H-pyrrole nitrogens is 1. The number of nitrogens with two attached hydrogens (primary N) is 1. The molecule has 0 saturated heterocycles. The first-order chi connectivity index (χ1) is 16.5. The summed E-state index contributed by atoms with van der Waals surface area (Å²) >= 11 is 0. The number of anilines is 2. The maximum absolute atomic E-state index is 12.8. The maximum Gasteiger partial charge on any atom is 0.330 e. The van der Waals surface area contributed by atoms with Gasteiger partial charge >= 0.3 is 5.69 Å². The molecule has 9 nitrogen and oxygen atoms in total. The van der Waals surface area contributed by atoms with Gasteiger partial charge in [-0.15, -0.1) is 0 Å². The number of aromatic nitrogens is 2. The number of nitrogens with one attached hydrogen (secondary N) is 2. The summed E-state index contributed by atoms with van der Waals surface area (Å²) in [6.07, 6.45) is 1.64. The van der Waals surface area contributed by atoms with E-state index in [0.717, 1.165) is 18.4 Å². The summed E-state index contributed by atoms with van der Waals surface area (Å²) in [5.41, 5.74) is 7.19. The Bertz CT molecular complexity index is 1180. The van der Waals surface area contributed by atoms with Gasteiger partial charge in [0.25, 0.3) is 5.56 Å². The summed E-state index contributed by atoms with van der Waals surface area (Å²) in [6.45, 7) is 1.11. The third-order valence-corrected chi connectivity index (χ3v) is 5.41. The molecule has 1 amide bonds. The molecule has 0 spiro atoms. The van der Waals surface area contributed by atoms with E-state index in [9.17, 15) is 14.4 Å². The van der Waals surface area contributed by atoms with Crippen LogP contribution >= 0.6 is 0 Å². The zero-order valence-corrected chi connectivity index (χ0v) is 19.3. The number of carbonyl (C=O) groups is 1. The number of methoxy groups -OCH3 is 1. The van der Waals surface area contributed by atoms with E-state index in [-0.39, 0.29) is 43.7 Å². The van der Waals surface area contributed by atoms with E-state index < -0.39 is 11.2 Å². The Balaban J connectivity index is 1.77. The number of hydrogen-bond acceptors (Lipinski definition) is 6. The third kappa shape index (κ3) is 6.82. The van der Waals surface area contributed by atoms with Crippen LogP contribution in [-0.4, -0.2) is 42.3 Å². The van der Waals surface area contributed by atoms with Gasteiger partial charge in [-0.3, -0.25) is 19.1 Å². The van der Waals surface area contributed by atoms with E-state index in [0.29, 0.717) is 6.54 Å². The predicted octanol–water partition coefficient (Wildman–Crippen LogP) is 1.52. The lowest BCUT2D eigenvalue weighted by Gasteiger charge is -2.26. The number of aryl methyl sites for hydroxylation is 1. The van der Waals surface area contributed by atoms with Crippen LogP contribution in [-0.2, 0) is 29.0 Å². The number of nitrogen functional groups attached to an aromatic ring is 1. The van der Waals surface area contributed by atoms with Crippen LogP contribution in [0.15, 0.2) is 70.3 Å². The highest BCUT2D eigenvalue weighted by atomic mass is 16.5. The number of benzene rings is 2. The number of rotatable bonds is 12. The fraction of sp³-hybridized carbons (Fsp3) is 0.320. The SMILES string of the molecule is COCCn1c(N)c(N(CC(=O)NCCCc2ccccc2)Cc2ccccc2)c(=O)[nH]c1=O. The van der Waals surface area contributed by atoms with Crippen LogP contribution in [0.1, 0.15) is 17.5 Å². The second-order valence-electron chi connectivity index (χ2n) is 7.92. The highest BCUT2D eigenvalue weighted by Crippen LogP contribution is 2.19. The quantitative estimate of drug-likeness (QED) is 0.349. The summed E-state index contributed by atoms with van der Waals surface area (Å²) in [7, 11) is 1.51. The van der Waals surface area contributed by atoms with E-state index in [1.54, 1.807) is 4.90 Å². The largest absolute Gasteiger partial charge is 0.383 e. The molecule has 0 aliphatic carbocycles. The van der Waals surface area contributed by atoms with Gasteiger partial charge in [-0.05, 0) is 24.0 Å². The fourth-order valence-corrected chi connectivity index (χ4v) is 3.70. The topological polar surface area (TPSA) is 122 Å². The van der Waals surface area contributed by atoms with E-state index in [2.05, 4.69) is 22.4 Å². The van der Waals surface area contributed by atoms with E-state index in [4.69, 9.17) is 10.5 Å². The molecule has 0 fully saturated rings. The molecule has 2 aromatic carbocycles. The van der Waals surface area contributed by atoms with Gasteiger partial charge in [0.15, 0.2) is 0 Å². The molecule has 4 N–H and O–H groups in total. The van der Waals surface area contributed by atoms with Crippen LogP contribution in [0.4, 0.5) is 11.5 Å². The number of amides is 1. The number of hydrogen-bond donors (Lipinski definition) is 3. The minimum absolute atomic E-state index is 0.00129. The highest BCUT2D eigenvalue weighted by molar-refractivity contribution is 5.82. The van der Waals surface area contributed by atoms with Gasteiger partial charge in [-0.1, -0.05) is 60.7 Å². The third-order valence-electron chi connectivity index (χ3n) is 5.41. The summed E-state index contributed by atoms with van der Waals surface area (Å²) in [5.74, 6) is -0.240. The Kier molecular flexibility index (Phi) is 9.04.